The largest absolute Gasteiger partial charge is 0.346 e. The average Bonchev–Trinajstić information content (AvgIpc) is 2.28. The fraction of sp³-hybridized carbons (Fsp3) is 0.846. The van der Waals surface area contributed by atoms with E-state index >= 15 is 0 Å². The first kappa shape index (κ1) is 15.0. The predicted octanol–water partition coefficient (Wildman–Crippen LogP) is 0.487. The van der Waals surface area contributed by atoms with Gasteiger partial charge in [-0.3, -0.25) is 9.59 Å². The summed E-state index contributed by atoms with van der Waals surface area (Å²) in [7, 11) is 0. The molecule has 1 aliphatic rings. The van der Waals surface area contributed by atoms with Crippen molar-refractivity contribution in [3.05, 3.63) is 0 Å². The van der Waals surface area contributed by atoms with Gasteiger partial charge in [-0.2, -0.15) is 0 Å². The molecule has 0 aromatic rings. The third-order valence-corrected chi connectivity index (χ3v) is 3.61. The topological polar surface area (TPSA) is 75.4 Å². The Kier molecular flexibility index (Phi) is 5.59. The molecule has 0 aliphatic heterocycles. The minimum absolute atomic E-state index is 0.00786. The van der Waals surface area contributed by atoms with Gasteiger partial charge in [0.1, 0.15) is 0 Å². The number of nitrogens with two attached hydrogens (primary N) is 1. The van der Waals surface area contributed by atoms with Crippen LogP contribution in [0.1, 0.15) is 40.0 Å². The van der Waals surface area contributed by atoms with E-state index in [1.165, 1.54) is 6.42 Å². The van der Waals surface area contributed by atoms with Crippen LogP contribution in [-0.2, 0) is 9.59 Å². The van der Waals surface area contributed by atoms with E-state index in [1.54, 1.807) is 0 Å². The van der Waals surface area contributed by atoms with Crippen LogP contribution in [0.15, 0.2) is 0 Å². The third-order valence-electron chi connectivity index (χ3n) is 3.61. The number of hydrogen-bond acceptors (Lipinski definition) is 3. The lowest BCUT2D eigenvalue weighted by atomic mass is 9.91. The first-order chi connectivity index (χ1) is 8.47. The van der Waals surface area contributed by atoms with E-state index in [1.807, 2.05) is 25.7 Å². The molecule has 1 atom stereocenters. The molecule has 0 heterocycles. The van der Waals surface area contributed by atoms with Gasteiger partial charge in [0.15, 0.2) is 0 Å². The molecule has 3 N–H and O–H groups in total. The maximum absolute atomic E-state index is 12.0. The zero-order valence-corrected chi connectivity index (χ0v) is 11.6. The predicted molar refractivity (Wildman–Crippen MR) is 70.8 cm³/mol. The summed E-state index contributed by atoms with van der Waals surface area (Å²) in [6, 6.07) is -0.172. The fourth-order valence-corrected chi connectivity index (χ4v) is 2.02. The molecule has 0 unspecified atom stereocenters. The van der Waals surface area contributed by atoms with Crippen molar-refractivity contribution < 1.29 is 9.59 Å². The van der Waals surface area contributed by atoms with Crippen molar-refractivity contribution in [2.75, 3.05) is 13.1 Å². The van der Waals surface area contributed by atoms with Crippen LogP contribution in [0.3, 0.4) is 0 Å². The van der Waals surface area contributed by atoms with Gasteiger partial charge in [0.25, 0.3) is 0 Å². The highest BCUT2D eigenvalue weighted by molar-refractivity contribution is 5.87. The van der Waals surface area contributed by atoms with Crippen LogP contribution >= 0.6 is 0 Å². The van der Waals surface area contributed by atoms with Crippen LogP contribution in [0, 0.1) is 5.92 Å². The Labute approximate surface area is 109 Å². The number of amides is 2. The maximum atomic E-state index is 12.0. The molecular weight excluding hydrogens is 230 g/mol. The van der Waals surface area contributed by atoms with Crippen LogP contribution in [0.5, 0.6) is 0 Å². The lowest BCUT2D eigenvalue weighted by Gasteiger charge is -2.37. The summed E-state index contributed by atoms with van der Waals surface area (Å²) in [5.74, 6) is -0.177. The molecule has 1 fully saturated rings. The standard InChI is InChI=1S/C13H25N3O2/c1-4-16(10-6-5-7-10)11(17)8-15-13(18)12(14)9(2)3/h9-10,12H,4-8,14H2,1-3H3,(H,15,18)/t12-/m0/s1. The van der Waals surface area contributed by atoms with Gasteiger partial charge in [-0.1, -0.05) is 13.8 Å². The summed E-state index contributed by atoms with van der Waals surface area (Å²) in [5.41, 5.74) is 5.72. The van der Waals surface area contributed by atoms with E-state index in [0.717, 1.165) is 12.8 Å². The van der Waals surface area contributed by atoms with Gasteiger partial charge >= 0.3 is 0 Å². The van der Waals surface area contributed by atoms with E-state index in [4.69, 9.17) is 5.73 Å². The zero-order chi connectivity index (χ0) is 13.7. The summed E-state index contributed by atoms with van der Waals surface area (Å²) in [5, 5.41) is 2.63. The summed E-state index contributed by atoms with van der Waals surface area (Å²) >= 11 is 0. The Hall–Kier alpha value is -1.10. The summed E-state index contributed by atoms with van der Waals surface area (Å²) in [6.07, 6.45) is 3.36. The van der Waals surface area contributed by atoms with Gasteiger partial charge in [-0.25, -0.2) is 0 Å². The van der Waals surface area contributed by atoms with E-state index in [2.05, 4.69) is 5.32 Å². The number of carbonyl (C=O) groups is 2. The van der Waals surface area contributed by atoms with Gasteiger partial charge in [-0.05, 0) is 32.1 Å². The summed E-state index contributed by atoms with van der Waals surface area (Å²) in [6.45, 7) is 6.51. The van der Waals surface area contributed by atoms with E-state index < -0.39 is 6.04 Å². The molecule has 104 valence electrons. The van der Waals surface area contributed by atoms with Crippen LogP contribution in [-0.4, -0.2) is 41.9 Å². The van der Waals surface area contributed by atoms with Gasteiger partial charge in [-0.15, -0.1) is 0 Å². The van der Waals surface area contributed by atoms with Crippen molar-refractivity contribution in [1.82, 2.24) is 10.2 Å². The molecule has 0 saturated heterocycles. The summed E-state index contributed by atoms with van der Waals surface area (Å²) in [4.78, 5) is 25.5. The minimum Gasteiger partial charge on any atom is -0.346 e. The van der Waals surface area contributed by atoms with Gasteiger partial charge in [0.2, 0.25) is 11.8 Å². The molecule has 0 aromatic heterocycles. The Bertz CT molecular complexity index is 301. The number of nitrogens with one attached hydrogen (secondary N) is 1. The average molecular weight is 255 g/mol. The first-order valence-electron chi connectivity index (χ1n) is 6.80. The van der Waals surface area contributed by atoms with Crippen molar-refractivity contribution >= 4 is 11.8 Å². The van der Waals surface area contributed by atoms with Crippen molar-refractivity contribution in [2.24, 2.45) is 11.7 Å². The number of nitrogens with zero attached hydrogens (tertiary/aromatic N) is 1. The van der Waals surface area contributed by atoms with Crippen LogP contribution < -0.4 is 11.1 Å². The highest BCUT2D eigenvalue weighted by Gasteiger charge is 2.27. The molecule has 1 saturated carbocycles. The van der Waals surface area contributed by atoms with Crippen molar-refractivity contribution in [1.29, 1.82) is 0 Å². The second-order valence-electron chi connectivity index (χ2n) is 5.25. The van der Waals surface area contributed by atoms with Crippen LogP contribution in [0.4, 0.5) is 0 Å². The molecule has 0 radical (unpaired) electrons. The maximum Gasteiger partial charge on any atom is 0.242 e. The van der Waals surface area contributed by atoms with Gasteiger partial charge in [0.05, 0.1) is 12.6 Å². The lowest BCUT2D eigenvalue weighted by Crippen LogP contribution is -2.51. The van der Waals surface area contributed by atoms with Gasteiger partial charge in [0, 0.05) is 12.6 Å². The second-order valence-corrected chi connectivity index (χ2v) is 5.25. The normalized spacial score (nSPS) is 17.2. The molecule has 18 heavy (non-hydrogen) atoms. The fourth-order valence-electron chi connectivity index (χ4n) is 2.02. The summed E-state index contributed by atoms with van der Waals surface area (Å²) < 4.78 is 0. The number of likely N-dealkylation sites (N-methyl/N-ethyl adjacent to an activating group) is 1. The molecule has 2 amide bonds. The first-order valence-corrected chi connectivity index (χ1v) is 6.80. The smallest absolute Gasteiger partial charge is 0.242 e. The number of carbonyl (C=O) groups excluding carboxylic acids is 2. The zero-order valence-electron chi connectivity index (χ0n) is 11.6. The highest BCUT2D eigenvalue weighted by Crippen LogP contribution is 2.24. The molecule has 0 aromatic carbocycles. The van der Waals surface area contributed by atoms with E-state index in [-0.39, 0.29) is 24.3 Å². The monoisotopic (exact) mass is 255 g/mol. The second kappa shape index (κ2) is 6.73. The molecule has 0 bridgehead atoms. The molecule has 1 rings (SSSR count). The van der Waals surface area contributed by atoms with Crippen LogP contribution in [0.25, 0.3) is 0 Å². The molecule has 1 aliphatic carbocycles. The molecule has 5 nitrogen and oxygen atoms in total. The Morgan fingerprint density at radius 3 is 2.39 bits per heavy atom. The molecule has 5 heteroatoms. The highest BCUT2D eigenvalue weighted by atomic mass is 16.2. The van der Waals surface area contributed by atoms with Crippen molar-refractivity contribution in [3.63, 3.8) is 0 Å². The number of hydrogen-bond donors (Lipinski definition) is 2. The SMILES string of the molecule is CCN(C(=O)CNC(=O)[C@@H](N)C(C)C)C1CCC1. The van der Waals surface area contributed by atoms with Crippen LogP contribution in [0.2, 0.25) is 0 Å². The van der Waals surface area contributed by atoms with Crippen molar-refractivity contribution in [2.45, 2.75) is 52.1 Å². The van der Waals surface area contributed by atoms with E-state index in [9.17, 15) is 9.59 Å². The molecule has 0 spiro atoms. The Morgan fingerprint density at radius 1 is 1.39 bits per heavy atom. The quantitative estimate of drug-likeness (QED) is 0.725. The van der Waals surface area contributed by atoms with Gasteiger partial charge < -0.3 is 16.0 Å². The molecular formula is C13H25N3O2. The number of rotatable bonds is 6. The Balaban J connectivity index is 2.37. The third kappa shape index (κ3) is 3.70. The van der Waals surface area contributed by atoms with Crippen molar-refractivity contribution in [3.8, 4) is 0 Å². The Morgan fingerprint density at radius 2 is 2.00 bits per heavy atom. The lowest BCUT2D eigenvalue weighted by molar-refractivity contribution is -0.136. The van der Waals surface area contributed by atoms with E-state index in [0.29, 0.717) is 12.6 Å². The minimum atomic E-state index is -0.545.